The molecule has 4 nitrogen and oxygen atoms in total. The van der Waals surface area contributed by atoms with Crippen LogP contribution in [-0.4, -0.2) is 4.92 Å². The van der Waals surface area contributed by atoms with Crippen molar-refractivity contribution in [1.82, 2.24) is 0 Å². The zero-order chi connectivity index (χ0) is 13.8. The van der Waals surface area contributed by atoms with Crippen LogP contribution in [0.3, 0.4) is 0 Å². The fourth-order valence-corrected chi connectivity index (χ4v) is 2.08. The highest BCUT2D eigenvalue weighted by Crippen LogP contribution is 2.24. The summed E-state index contributed by atoms with van der Waals surface area (Å²) >= 11 is 3.26. The van der Waals surface area contributed by atoms with Crippen LogP contribution in [-0.2, 0) is 6.54 Å². The monoisotopic (exact) mass is 324 g/mol. The summed E-state index contributed by atoms with van der Waals surface area (Å²) in [6.45, 7) is 0.177. The molecule has 0 aliphatic heterocycles. The lowest BCUT2D eigenvalue weighted by Crippen LogP contribution is -2.04. The molecule has 0 aliphatic rings. The van der Waals surface area contributed by atoms with Gasteiger partial charge in [-0.1, -0.05) is 28.1 Å². The molecule has 2 rings (SSSR count). The molecule has 0 unspecified atom stereocenters. The molecule has 0 aromatic heterocycles. The van der Waals surface area contributed by atoms with E-state index in [9.17, 15) is 14.5 Å². The fourth-order valence-electron chi connectivity index (χ4n) is 1.67. The van der Waals surface area contributed by atoms with Gasteiger partial charge in [-0.05, 0) is 24.3 Å². The number of nitro groups is 1. The highest BCUT2D eigenvalue weighted by Gasteiger charge is 2.13. The molecule has 1 N–H and O–H groups in total. The van der Waals surface area contributed by atoms with E-state index in [2.05, 4.69) is 21.2 Å². The van der Waals surface area contributed by atoms with Crippen LogP contribution in [0.15, 0.2) is 46.9 Å². The van der Waals surface area contributed by atoms with Gasteiger partial charge in [-0.3, -0.25) is 10.1 Å². The smallest absolute Gasteiger partial charge is 0.274 e. The van der Waals surface area contributed by atoms with Gasteiger partial charge in [0.2, 0.25) is 0 Å². The molecular weight excluding hydrogens is 315 g/mol. The third kappa shape index (κ3) is 3.29. The van der Waals surface area contributed by atoms with Crippen molar-refractivity contribution in [3.05, 3.63) is 68.4 Å². The van der Waals surface area contributed by atoms with Crippen LogP contribution in [0.5, 0.6) is 0 Å². The van der Waals surface area contributed by atoms with Crippen LogP contribution in [0.25, 0.3) is 0 Å². The Morgan fingerprint density at radius 3 is 2.68 bits per heavy atom. The number of halogens is 2. The number of rotatable bonds is 4. The lowest BCUT2D eigenvalue weighted by atomic mass is 10.1. The maximum Gasteiger partial charge on any atom is 0.274 e. The summed E-state index contributed by atoms with van der Waals surface area (Å²) in [5.74, 6) is -0.389. The van der Waals surface area contributed by atoms with E-state index in [4.69, 9.17) is 0 Å². The number of nitro benzene ring substituents is 1. The lowest BCUT2D eigenvalue weighted by Gasteiger charge is -2.08. The van der Waals surface area contributed by atoms with Gasteiger partial charge in [0.15, 0.2) is 0 Å². The first-order valence-electron chi connectivity index (χ1n) is 5.49. The average molecular weight is 325 g/mol. The summed E-state index contributed by atoms with van der Waals surface area (Å²) in [7, 11) is 0. The summed E-state index contributed by atoms with van der Waals surface area (Å²) in [6, 6.07) is 10.9. The molecule has 19 heavy (non-hydrogen) atoms. The van der Waals surface area contributed by atoms with E-state index in [1.807, 2.05) is 0 Å². The Morgan fingerprint density at radius 2 is 2.00 bits per heavy atom. The van der Waals surface area contributed by atoms with Crippen molar-refractivity contribution in [2.75, 3.05) is 5.32 Å². The number of nitrogens with one attached hydrogen (secondary N) is 1. The van der Waals surface area contributed by atoms with Gasteiger partial charge in [-0.15, -0.1) is 0 Å². The molecule has 0 atom stereocenters. The van der Waals surface area contributed by atoms with E-state index >= 15 is 0 Å². The highest BCUT2D eigenvalue weighted by atomic mass is 79.9. The van der Waals surface area contributed by atoms with Gasteiger partial charge >= 0.3 is 0 Å². The number of para-hydroxylation sites is 1. The zero-order valence-corrected chi connectivity index (χ0v) is 11.4. The van der Waals surface area contributed by atoms with Crippen LogP contribution in [0.4, 0.5) is 15.8 Å². The minimum Gasteiger partial charge on any atom is -0.378 e. The van der Waals surface area contributed by atoms with Crippen molar-refractivity contribution < 1.29 is 9.31 Å². The predicted octanol–water partition coefficient (Wildman–Crippen LogP) is 4.11. The van der Waals surface area contributed by atoms with E-state index in [-0.39, 0.29) is 18.0 Å². The first-order valence-corrected chi connectivity index (χ1v) is 6.28. The van der Waals surface area contributed by atoms with Crippen LogP contribution in [0.1, 0.15) is 5.56 Å². The van der Waals surface area contributed by atoms with Crippen LogP contribution in [0, 0.1) is 15.9 Å². The molecule has 0 aliphatic carbocycles. The Morgan fingerprint density at radius 1 is 1.26 bits per heavy atom. The van der Waals surface area contributed by atoms with Crippen molar-refractivity contribution in [3.8, 4) is 0 Å². The Labute approximate surface area is 117 Å². The second-order valence-corrected chi connectivity index (χ2v) is 4.78. The summed E-state index contributed by atoms with van der Waals surface area (Å²) in [6.07, 6.45) is 0. The third-order valence-corrected chi connectivity index (χ3v) is 3.07. The minimum atomic E-state index is -0.454. The normalized spacial score (nSPS) is 10.2. The fraction of sp³-hybridized carbons (Fsp3) is 0.0769. The molecule has 0 fully saturated rings. The van der Waals surface area contributed by atoms with Gasteiger partial charge in [0, 0.05) is 22.6 Å². The van der Waals surface area contributed by atoms with Gasteiger partial charge in [0.25, 0.3) is 5.69 Å². The number of hydrogen-bond acceptors (Lipinski definition) is 3. The molecule has 2 aromatic rings. The summed E-state index contributed by atoms with van der Waals surface area (Å²) in [5, 5.41) is 13.8. The van der Waals surface area contributed by atoms with Crippen molar-refractivity contribution in [1.29, 1.82) is 0 Å². The molecule has 0 saturated heterocycles. The molecule has 0 heterocycles. The van der Waals surface area contributed by atoms with E-state index in [0.717, 1.165) is 4.47 Å². The molecule has 6 heteroatoms. The molecule has 0 amide bonds. The first kappa shape index (κ1) is 13.5. The van der Waals surface area contributed by atoms with Gasteiger partial charge in [0.1, 0.15) is 5.82 Å². The number of benzene rings is 2. The molecule has 0 radical (unpaired) electrons. The number of nitrogens with zero attached hydrogens (tertiary/aromatic N) is 1. The zero-order valence-electron chi connectivity index (χ0n) is 9.77. The largest absolute Gasteiger partial charge is 0.378 e. The second kappa shape index (κ2) is 5.79. The van der Waals surface area contributed by atoms with E-state index in [1.165, 1.54) is 12.1 Å². The Bertz CT molecular complexity index is 619. The predicted molar refractivity (Wildman–Crippen MR) is 74.5 cm³/mol. The highest BCUT2D eigenvalue weighted by molar-refractivity contribution is 9.10. The molecule has 0 bridgehead atoms. The Kier molecular flexibility index (Phi) is 4.11. The molecular formula is C13H10BrFN2O2. The average Bonchev–Trinajstić information content (AvgIpc) is 2.37. The maximum atomic E-state index is 13.4. The topological polar surface area (TPSA) is 55.2 Å². The Hall–Kier alpha value is -1.95. The van der Waals surface area contributed by atoms with Crippen molar-refractivity contribution >= 4 is 27.3 Å². The summed E-state index contributed by atoms with van der Waals surface area (Å²) < 4.78 is 14.2. The SMILES string of the molecule is O=[N+]([O-])c1ccc(Br)cc1CNc1ccccc1F. The van der Waals surface area contributed by atoms with Gasteiger partial charge in [-0.25, -0.2) is 4.39 Å². The molecule has 98 valence electrons. The number of anilines is 1. The lowest BCUT2D eigenvalue weighted by molar-refractivity contribution is -0.385. The van der Waals surface area contributed by atoms with E-state index in [0.29, 0.717) is 11.3 Å². The molecule has 0 saturated carbocycles. The van der Waals surface area contributed by atoms with Crippen molar-refractivity contribution in [2.24, 2.45) is 0 Å². The van der Waals surface area contributed by atoms with Crippen LogP contribution < -0.4 is 5.32 Å². The van der Waals surface area contributed by atoms with Crippen molar-refractivity contribution in [2.45, 2.75) is 6.54 Å². The van der Waals surface area contributed by atoms with Crippen molar-refractivity contribution in [3.63, 3.8) is 0 Å². The minimum absolute atomic E-state index is 0.00652. The van der Waals surface area contributed by atoms with Gasteiger partial charge in [-0.2, -0.15) is 0 Å². The standard InChI is InChI=1S/C13H10BrFN2O2/c14-10-5-6-13(17(18)19)9(7-10)8-16-12-4-2-1-3-11(12)15/h1-7,16H,8H2. The van der Waals surface area contributed by atoms with Gasteiger partial charge < -0.3 is 5.32 Å². The molecule has 0 spiro atoms. The number of hydrogen-bond donors (Lipinski definition) is 1. The Balaban J connectivity index is 2.22. The van der Waals surface area contributed by atoms with E-state index < -0.39 is 4.92 Å². The van der Waals surface area contributed by atoms with Crippen LogP contribution in [0.2, 0.25) is 0 Å². The first-order chi connectivity index (χ1) is 9.08. The van der Waals surface area contributed by atoms with E-state index in [1.54, 1.807) is 30.3 Å². The second-order valence-electron chi connectivity index (χ2n) is 3.86. The summed E-state index contributed by atoms with van der Waals surface area (Å²) in [5.41, 5.74) is 0.812. The third-order valence-electron chi connectivity index (χ3n) is 2.58. The maximum absolute atomic E-state index is 13.4. The quantitative estimate of drug-likeness (QED) is 0.680. The summed E-state index contributed by atoms with van der Waals surface area (Å²) in [4.78, 5) is 10.4. The van der Waals surface area contributed by atoms with Gasteiger partial charge in [0.05, 0.1) is 10.6 Å². The van der Waals surface area contributed by atoms with Crippen LogP contribution >= 0.6 is 15.9 Å². The molecule has 2 aromatic carbocycles.